The molecule has 0 saturated heterocycles. The van der Waals surface area contributed by atoms with E-state index in [9.17, 15) is 9.59 Å². The van der Waals surface area contributed by atoms with Gasteiger partial charge in [-0.1, -0.05) is 12.1 Å². The van der Waals surface area contributed by atoms with Crippen LogP contribution in [0, 0.1) is 0 Å². The molecule has 3 N–H and O–H groups in total. The van der Waals surface area contributed by atoms with Crippen molar-refractivity contribution in [3.63, 3.8) is 0 Å². The number of H-pyrrole nitrogens is 1. The van der Waals surface area contributed by atoms with E-state index in [0.29, 0.717) is 5.69 Å². The molecule has 1 heterocycles. The Morgan fingerprint density at radius 3 is 2.82 bits per heavy atom. The molecule has 0 aliphatic carbocycles. The van der Waals surface area contributed by atoms with E-state index >= 15 is 0 Å². The highest BCUT2D eigenvalue weighted by atomic mass is 16.6. The van der Waals surface area contributed by atoms with E-state index in [-0.39, 0.29) is 12.2 Å². The summed E-state index contributed by atoms with van der Waals surface area (Å²) in [5, 5.41) is 0. The number of aromatic amines is 1. The van der Waals surface area contributed by atoms with E-state index in [2.05, 4.69) is 9.82 Å². The molecule has 0 radical (unpaired) electrons. The number of rotatable bonds is 3. The Balaban J connectivity index is 2.57. The lowest BCUT2D eigenvalue weighted by atomic mass is 10.2. The van der Waals surface area contributed by atoms with E-state index in [1.165, 1.54) is 12.3 Å². The highest BCUT2D eigenvalue weighted by molar-refractivity contribution is 5.35. The first-order valence-electron chi connectivity index (χ1n) is 4.94. The molecule has 2 rings (SSSR count). The first-order chi connectivity index (χ1) is 8.22. The highest BCUT2D eigenvalue weighted by Gasteiger charge is 2.04. The van der Waals surface area contributed by atoms with Crippen molar-refractivity contribution in [2.45, 2.75) is 6.61 Å². The summed E-state index contributed by atoms with van der Waals surface area (Å²) in [5.41, 5.74) is 0.384. The lowest BCUT2D eigenvalue weighted by molar-refractivity contribution is 0.124. The van der Waals surface area contributed by atoms with Crippen molar-refractivity contribution in [3.8, 4) is 5.69 Å². The fourth-order valence-corrected chi connectivity index (χ4v) is 1.55. The first-order valence-corrected chi connectivity index (χ1v) is 4.94. The summed E-state index contributed by atoms with van der Waals surface area (Å²) >= 11 is 0. The van der Waals surface area contributed by atoms with Crippen LogP contribution in [0.25, 0.3) is 5.69 Å². The Morgan fingerprint density at radius 2 is 2.12 bits per heavy atom. The van der Waals surface area contributed by atoms with Gasteiger partial charge in [0, 0.05) is 12.3 Å². The summed E-state index contributed by atoms with van der Waals surface area (Å²) < 4.78 is 1.04. The van der Waals surface area contributed by atoms with Gasteiger partial charge >= 0.3 is 5.69 Å². The summed E-state index contributed by atoms with van der Waals surface area (Å²) in [6, 6.07) is 8.13. The van der Waals surface area contributed by atoms with E-state index in [1.54, 1.807) is 24.3 Å². The summed E-state index contributed by atoms with van der Waals surface area (Å²) in [4.78, 5) is 30.1. The molecule has 0 bridgehead atoms. The van der Waals surface area contributed by atoms with Gasteiger partial charge in [-0.3, -0.25) is 9.63 Å². The van der Waals surface area contributed by atoms with Gasteiger partial charge in [0.15, 0.2) is 0 Å². The smallest absolute Gasteiger partial charge is 0.314 e. The Morgan fingerprint density at radius 1 is 1.29 bits per heavy atom. The molecular formula is C11H11N3O3. The topological polar surface area (TPSA) is 90.1 Å². The quantitative estimate of drug-likeness (QED) is 0.725. The van der Waals surface area contributed by atoms with Gasteiger partial charge in [0.25, 0.3) is 5.56 Å². The molecule has 6 nitrogen and oxygen atoms in total. The molecule has 1 aromatic heterocycles. The lowest BCUT2D eigenvalue weighted by Gasteiger charge is -2.05. The fraction of sp³-hybridized carbons (Fsp3) is 0.0909. The SMILES string of the molecule is NOCc1cccc(-n2c(=O)cc[nH]c2=O)c1. The first kappa shape index (κ1) is 11.3. The van der Waals surface area contributed by atoms with Crippen molar-refractivity contribution in [2.24, 2.45) is 5.90 Å². The number of aromatic nitrogens is 2. The molecular weight excluding hydrogens is 222 g/mol. The van der Waals surface area contributed by atoms with E-state index < -0.39 is 5.69 Å². The maximum atomic E-state index is 11.6. The van der Waals surface area contributed by atoms with Crippen LogP contribution in [0.4, 0.5) is 0 Å². The Kier molecular flexibility index (Phi) is 3.17. The summed E-state index contributed by atoms with van der Waals surface area (Å²) in [6.07, 6.45) is 1.31. The summed E-state index contributed by atoms with van der Waals surface area (Å²) in [6.45, 7) is 0.216. The molecule has 0 fully saturated rings. The number of benzene rings is 1. The van der Waals surface area contributed by atoms with Crippen molar-refractivity contribution in [2.75, 3.05) is 0 Å². The third-order valence-electron chi connectivity index (χ3n) is 2.27. The zero-order chi connectivity index (χ0) is 12.3. The third-order valence-corrected chi connectivity index (χ3v) is 2.27. The molecule has 0 unspecified atom stereocenters. The third kappa shape index (κ3) is 2.32. The largest absolute Gasteiger partial charge is 0.332 e. The summed E-state index contributed by atoms with van der Waals surface area (Å²) in [5.74, 6) is 4.97. The molecule has 0 aliphatic heterocycles. The number of nitrogens with zero attached hydrogens (tertiary/aromatic N) is 1. The predicted molar refractivity (Wildman–Crippen MR) is 61.6 cm³/mol. The monoisotopic (exact) mass is 233 g/mol. The van der Waals surface area contributed by atoms with Gasteiger partial charge in [-0.15, -0.1) is 0 Å². The van der Waals surface area contributed by atoms with Gasteiger partial charge in [0.2, 0.25) is 0 Å². The van der Waals surface area contributed by atoms with Crippen LogP contribution in [0.5, 0.6) is 0 Å². The minimum atomic E-state index is -0.483. The number of nitrogens with one attached hydrogen (secondary N) is 1. The van der Waals surface area contributed by atoms with Crippen molar-refractivity contribution in [1.29, 1.82) is 0 Å². The van der Waals surface area contributed by atoms with Crippen LogP contribution in [0.3, 0.4) is 0 Å². The van der Waals surface area contributed by atoms with Crippen LogP contribution < -0.4 is 17.1 Å². The minimum absolute atomic E-state index is 0.216. The second-order valence-corrected chi connectivity index (χ2v) is 3.44. The second-order valence-electron chi connectivity index (χ2n) is 3.44. The van der Waals surface area contributed by atoms with E-state index in [4.69, 9.17) is 5.90 Å². The van der Waals surface area contributed by atoms with Crippen molar-refractivity contribution in [1.82, 2.24) is 9.55 Å². The molecule has 0 spiro atoms. The van der Waals surface area contributed by atoms with Crippen LogP contribution in [0.2, 0.25) is 0 Å². The minimum Gasteiger partial charge on any atom is -0.314 e. The van der Waals surface area contributed by atoms with Crippen molar-refractivity contribution >= 4 is 0 Å². The molecule has 2 aromatic rings. The second kappa shape index (κ2) is 4.77. The zero-order valence-electron chi connectivity index (χ0n) is 8.92. The lowest BCUT2D eigenvalue weighted by Crippen LogP contribution is -2.32. The van der Waals surface area contributed by atoms with Crippen LogP contribution in [-0.2, 0) is 11.4 Å². The maximum Gasteiger partial charge on any atom is 0.332 e. The summed E-state index contributed by atoms with van der Waals surface area (Å²) in [7, 11) is 0. The van der Waals surface area contributed by atoms with Gasteiger partial charge in [-0.25, -0.2) is 15.3 Å². The van der Waals surface area contributed by atoms with Crippen LogP contribution in [0.15, 0.2) is 46.1 Å². The maximum absolute atomic E-state index is 11.6. The number of hydrogen-bond donors (Lipinski definition) is 2. The van der Waals surface area contributed by atoms with Gasteiger partial charge in [0.05, 0.1) is 12.3 Å². The fourth-order valence-electron chi connectivity index (χ4n) is 1.55. The predicted octanol–water partition coefficient (Wildman–Crippen LogP) is -0.0839. The van der Waals surface area contributed by atoms with Crippen molar-refractivity contribution < 1.29 is 4.84 Å². The Hall–Kier alpha value is -2.18. The highest BCUT2D eigenvalue weighted by Crippen LogP contribution is 2.07. The normalized spacial score (nSPS) is 10.4. The zero-order valence-corrected chi connectivity index (χ0v) is 8.92. The Bertz CT molecular complexity index is 602. The van der Waals surface area contributed by atoms with E-state index in [1.807, 2.05) is 0 Å². The van der Waals surface area contributed by atoms with Gasteiger partial charge in [-0.2, -0.15) is 0 Å². The van der Waals surface area contributed by atoms with Gasteiger partial charge < -0.3 is 4.98 Å². The van der Waals surface area contributed by atoms with Crippen LogP contribution in [-0.4, -0.2) is 9.55 Å². The number of hydrogen-bond acceptors (Lipinski definition) is 4. The molecule has 0 saturated carbocycles. The molecule has 17 heavy (non-hydrogen) atoms. The molecule has 0 atom stereocenters. The van der Waals surface area contributed by atoms with Gasteiger partial charge in [0.1, 0.15) is 0 Å². The van der Waals surface area contributed by atoms with Crippen LogP contribution >= 0.6 is 0 Å². The van der Waals surface area contributed by atoms with Crippen LogP contribution in [0.1, 0.15) is 5.56 Å². The van der Waals surface area contributed by atoms with E-state index in [0.717, 1.165) is 10.1 Å². The van der Waals surface area contributed by atoms with Crippen molar-refractivity contribution in [3.05, 3.63) is 62.9 Å². The number of nitrogens with two attached hydrogens (primary N) is 1. The molecule has 0 amide bonds. The average Bonchev–Trinajstić information content (AvgIpc) is 2.30. The molecule has 6 heteroatoms. The molecule has 88 valence electrons. The molecule has 1 aromatic carbocycles. The average molecular weight is 233 g/mol. The molecule has 0 aliphatic rings. The van der Waals surface area contributed by atoms with Gasteiger partial charge in [-0.05, 0) is 17.7 Å². The standard InChI is InChI=1S/C11H11N3O3/c12-17-7-8-2-1-3-9(6-8)14-10(15)4-5-13-11(14)16/h1-6H,7,12H2,(H,13,16). The Labute approximate surface area is 96.2 Å².